The number of rotatable bonds is 11. The molecule has 2 atom stereocenters. The molecule has 0 aromatic carbocycles. The molecule has 3 aromatic heterocycles. The molecule has 3 N–H and O–H groups in total. The first-order chi connectivity index (χ1) is 19.8. The van der Waals surface area contributed by atoms with Gasteiger partial charge in [0.25, 0.3) is 5.91 Å². The lowest BCUT2D eigenvalue weighted by Gasteiger charge is -2.32. The number of methoxy groups -OCH3 is 1. The van der Waals surface area contributed by atoms with Crippen LogP contribution in [-0.2, 0) is 23.0 Å². The molecule has 3 aromatic rings. The van der Waals surface area contributed by atoms with E-state index in [1.54, 1.807) is 25.4 Å². The number of nitrogens with two attached hydrogens (primary N) is 1. The van der Waals surface area contributed by atoms with Crippen LogP contribution in [0.25, 0.3) is 5.65 Å². The molecule has 16 heteroatoms. The van der Waals surface area contributed by atoms with Crippen LogP contribution < -0.4 is 11.1 Å². The van der Waals surface area contributed by atoms with Crippen LogP contribution in [0.4, 0.5) is 22.0 Å². The Morgan fingerprint density at radius 2 is 2.00 bits per heavy atom. The number of halogens is 5. The first-order valence-electron chi connectivity index (χ1n) is 13.2. The van der Waals surface area contributed by atoms with Crippen molar-refractivity contribution in [2.45, 2.75) is 56.3 Å². The maximum Gasteiger partial charge on any atom is 0.405 e. The number of ether oxygens (including phenoxy) is 1. The first kappa shape index (κ1) is 32.8. The van der Waals surface area contributed by atoms with Crippen LogP contribution in [0.5, 0.6) is 0 Å². The molecule has 1 saturated carbocycles. The maximum atomic E-state index is 13.4. The standard InChI is InChI=1S/C21H28F5N5O2.C5H7N3O/c1-27-18(21(24,25)26)11-30(13-32)17(12-33-2)15-8-19-29-16(10-31(19)28-9-15)7-14-3-5-20(22,23)6-4-14;1-8-4(5(6)9)2-3-7-8/h8-10,13-14,17-18,27H,3-7,11-12H2,1-2H3;2-3H,1H3,(H2,6,9). The zero-order valence-electron chi connectivity index (χ0n) is 23.5. The largest absolute Gasteiger partial charge is 0.405 e. The first-order valence-corrected chi connectivity index (χ1v) is 13.2. The summed E-state index contributed by atoms with van der Waals surface area (Å²) in [7, 11) is 4.24. The Hall–Kier alpha value is -3.66. The van der Waals surface area contributed by atoms with Crippen molar-refractivity contribution >= 4 is 18.0 Å². The Kier molecular flexibility index (Phi) is 11.0. The number of hydrogen-bond donors (Lipinski definition) is 2. The summed E-state index contributed by atoms with van der Waals surface area (Å²) >= 11 is 0. The number of nitrogens with one attached hydrogen (secondary N) is 1. The summed E-state index contributed by atoms with van der Waals surface area (Å²) in [5.41, 5.74) is 7.02. The van der Waals surface area contributed by atoms with Gasteiger partial charge in [-0.1, -0.05) is 0 Å². The fourth-order valence-electron chi connectivity index (χ4n) is 4.79. The highest BCUT2D eigenvalue weighted by molar-refractivity contribution is 5.90. The van der Waals surface area contributed by atoms with Gasteiger partial charge in [-0.05, 0) is 44.4 Å². The van der Waals surface area contributed by atoms with Crippen LogP contribution in [0.15, 0.2) is 30.7 Å². The fraction of sp³-hybridized carbons (Fsp3) is 0.577. The van der Waals surface area contributed by atoms with E-state index >= 15 is 0 Å². The van der Waals surface area contributed by atoms with Gasteiger partial charge in [0.1, 0.15) is 11.7 Å². The van der Waals surface area contributed by atoms with Crippen molar-refractivity contribution in [3.05, 3.63) is 47.7 Å². The number of carbonyl (C=O) groups excluding carboxylic acids is 2. The minimum absolute atomic E-state index is 0.0330. The van der Waals surface area contributed by atoms with E-state index in [1.165, 1.54) is 35.7 Å². The maximum absolute atomic E-state index is 13.4. The van der Waals surface area contributed by atoms with E-state index in [4.69, 9.17) is 10.5 Å². The van der Waals surface area contributed by atoms with Gasteiger partial charge in [0.2, 0.25) is 12.3 Å². The predicted molar refractivity (Wildman–Crippen MR) is 142 cm³/mol. The quantitative estimate of drug-likeness (QED) is 0.255. The van der Waals surface area contributed by atoms with Gasteiger partial charge in [0, 0.05) is 45.3 Å². The second kappa shape index (κ2) is 14.0. The number of aromatic nitrogens is 5. The minimum Gasteiger partial charge on any atom is -0.382 e. The topological polar surface area (TPSA) is 133 Å². The van der Waals surface area contributed by atoms with Gasteiger partial charge in [0.15, 0.2) is 5.65 Å². The van der Waals surface area contributed by atoms with Crippen molar-refractivity contribution < 1.29 is 36.3 Å². The molecule has 2 unspecified atom stereocenters. The molecule has 232 valence electrons. The molecular weight excluding hydrogens is 567 g/mol. The van der Waals surface area contributed by atoms with E-state index in [1.807, 2.05) is 0 Å². The lowest BCUT2D eigenvalue weighted by Crippen LogP contribution is -2.49. The van der Waals surface area contributed by atoms with Crippen molar-refractivity contribution in [2.24, 2.45) is 18.7 Å². The highest BCUT2D eigenvalue weighted by atomic mass is 19.4. The molecule has 0 spiro atoms. The highest BCUT2D eigenvalue weighted by Gasteiger charge is 2.40. The van der Waals surface area contributed by atoms with E-state index in [0.717, 1.165) is 4.90 Å². The van der Waals surface area contributed by atoms with Gasteiger partial charge < -0.3 is 20.7 Å². The molecule has 11 nitrogen and oxygen atoms in total. The van der Waals surface area contributed by atoms with Crippen LogP contribution in [0.3, 0.4) is 0 Å². The van der Waals surface area contributed by atoms with Crippen LogP contribution in [0.2, 0.25) is 0 Å². The Morgan fingerprint density at radius 1 is 1.31 bits per heavy atom. The molecule has 0 saturated heterocycles. The zero-order valence-corrected chi connectivity index (χ0v) is 23.5. The molecule has 3 heterocycles. The Balaban J connectivity index is 0.000000458. The van der Waals surface area contributed by atoms with Crippen LogP contribution in [-0.4, -0.2) is 87.0 Å². The summed E-state index contributed by atoms with van der Waals surface area (Å²) in [5.74, 6) is -2.93. The van der Waals surface area contributed by atoms with Gasteiger partial charge in [-0.3, -0.25) is 14.3 Å². The lowest BCUT2D eigenvalue weighted by molar-refractivity contribution is -0.161. The number of nitrogens with zero attached hydrogens (tertiary/aromatic N) is 6. The summed E-state index contributed by atoms with van der Waals surface area (Å²) in [6, 6.07) is 0.513. The molecule has 4 rings (SSSR count). The van der Waals surface area contributed by atoms with E-state index in [0.29, 0.717) is 48.3 Å². The van der Waals surface area contributed by atoms with Gasteiger partial charge >= 0.3 is 6.18 Å². The smallest absolute Gasteiger partial charge is 0.382 e. The van der Waals surface area contributed by atoms with Gasteiger partial charge in [-0.2, -0.15) is 23.4 Å². The van der Waals surface area contributed by atoms with Crippen molar-refractivity contribution in [3.63, 3.8) is 0 Å². The number of hydrogen-bond acceptors (Lipinski definition) is 7. The minimum atomic E-state index is -4.53. The SMILES string of the molecule is CNC(CN(C=O)C(COC)c1cnn2cc(CC3CCC(F)(F)CC3)nc2c1)C(F)(F)F.Cn1nccc1C(N)=O. The van der Waals surface area contributed by atoms with E-state index < -0.39 is 36.6 Å². The molecule has 0 radical (unpaired) electrons. The van der Waals surface area contributed by atoms with Crippen LogP contribution in [0, 0.1) is 5.92 Å². The number of amides is 2. The fourth-order valence-corrected chi connectivity index (χ4v) is 4.79. The summed E-state index contributed by atoms with van der Waals surface area (Å²) in [4.78, 5) is 27.7. The number of imidazole rings is 1. The zero-order chi connectivity index (χ0) is 31.1. The third-order valence-corrected chi connectivity index (χ3v) is 7.18. The number of likely N-dealkylation sites (N-methyl/N-ethyl adjacent to an activating group) is 1. The van der Waals surface area contributed by atoms with Crippen molar-refractivity contribution in [2.75, 3.05) is 27.3 Å². The lowest BCUT2D eigenvalue weighted by atomic mass is 9.84. The second-order valence-corrected chi connectivity index (χ2v) is 10.2. The molecule has 1 aliphatic carbocycles. The van der Waals surface area contributed by atoms with Gasteiger partial charge in [-0.15, -0.1) is 0 Å². The van der Waals surface area contributed by atoms with Crippen LogP contribution >= 0.6 is 0 Å². The summed E-state index contributed by atoms with van der Waals surface area (Å²) in [6.07, 6.45) is 1.68. The molecule has 1 fully saturated rings. The van der Waals surface area contributed by atoms with E-state index in [2.05, 4.69) is 20.5 Å². The monoisotopic (exact) mass is 602 g/mol. The number of primary amides is 1. The molecule has 0 aliphatic heterocycles. The molecule has 42 heavy (non-hydrogen) atoms. The normalized spacial score (nSPS) is 16.9. The van der Waals surface area contributed by atoms with Crippen molar-refractivity contribution in [3.8, 4) is 0 Å². The number of carbonyl (C=O) groups is 2. The van der Waals surface area contributed by atoms with Gasteiger partial charge in [0.05, 0.1) is 30.7 Å². The highest BCUT2D eigenvalue weighted by Crippen LogP contribution is 2.37. The average Bonchev–Trinajstić information content (AvgIpc) is 3.54. The van der Waals surface area contributed by atoms with E-state index in [-0.39, 0.29) is 25.4 Å². The summed E-state index contributed by atoms with van der Waals surface area (Å²) in [5, 5.41) is 10.2. The number of alkyl halides is 5. The number of aryl methyl sites for hydroxylation is 1. The third kappa shape index (κ3) is 8.67. The van der Waals surface area contributed by atoms with Crippen molar-refractivity contribution in [1.82, 2.24) is 34.6 Å². The Morgan fingerprint density at radius 3 is 2.50 bits per heavy atom. The van der Waals surface area contributed by atoms with Gasteiger partial charge in [-0.25, -0.2) is 18.3 Å². The third-order valence-electron chi connectivity index (χ3n) is 7.18. The molecule has 2 amide bonds. The molecule has 1 aliphatic rings. The summed E-state index contributed by atoms with van der Waals surface area (Å²) in [6.45, 7) is -0.635. The molecule has 0 bridgehead atoms. The van der Waals surface area contributed by atoms with E-state index in [9.17, 15) is 31.5 Å². The average molecular weight is 603 g/mol. The van der Waals surface area contributed by atoms with Crippen LogP contribution in [0.1, 0.15) is 53.5 Å². The molecular formula is C26H35F5N8O3. The number of fused-ring (bicyclic) bond motifs is 1. The predicted octanol–water partition coefficient (Wildman–Crippen LogP) is 2.91. The Labute approximate surface area is 239 Å². The summed E-state index contributed by atoms with van der Waals surface area (Å²) < 4.78 is 74.5. The second-order valence-electron chi connectivity index (χ2n) is 10.2. The Bertz CT molecular complexity index is 1320. The van der Waals surface area contributed by atoms with Crippen molar-refractivity contribution in [1.29, 1.82) is 0 Å².